The Morgan fingerprint density at radius 3 is 1.87 bits per heavy atom. The number of piperidine rings is 1. The number of carbonyl (C=O) groups is 1. The molecule has 0 radical (unpaired) electrons. The summed E-state index contributed by atoms with van der Waals surface area (Å²) in [6.45, 7) is 0.384. The van der Waals surface area contributed by atoms with Crippen LogP contribution in [0.15, 0.2) is 48.5 Å². The monoisotopic (exact) mass is 431 g/mol. The van der Waals surface area contributed by atoms with E-state index in [4.69, 9.17) is 5.11 Å². The number of hydrogen-bond acceptors (Lipinski definition) is 2. The Morgan fingerprint density at radius 1 is 0.900 bits per heavy atom. The van der Waals surface area contributed by atoms with Crippen LogP contribution >= 0.6 is 0 Å². The van der Waals surface area contributed by atoms with Crippen LogP contribution in [0.4, 0.5) is 32.0 Å². The third-order valence-electron chi connectivity index (χ3n) is 5.32. The lowest BCUT2D eigenvalue weighted by molar-refractivity contribution is -0.139. The fourth-order valence-electron chi connectivity index (χ4n) is 3.83. The second kappa shape index (κ2) is 8.20. The summed E-state index contributed by atoms with van der Waals surface area (Å²) in [4.78, 5) is 12.9. The molecule has 0 aliphatic carbocycles. The molecule has 0 amide bonds. The molecule has 0 aromatic heterocycles. The van der Waals surface area contributed by atoms with Gasteiger partial charge in [-0.2, -0.15) is 26.3 Å². The van der Waals surface area contributed by atoms with Gasteiger partial charge in [-0.1, -0.05) is 12.1 Å². The summed E-state index contributed by atoms with van der Waals surface area (Å²) in [6, 6.07) is 8.74. The van der Waals surface area contributed by atoms with Crippen LogP contribution in [0.1, 0.15) is 42.0 Å². The maximum atomic E-state index is 12.9. The van der Waals surface area contributed by atoms with Crippen LogP contribution in [0.3, 0.4) is 0 Å². The molecule has 0 spiro atoms. The molecule has 30 heavy (non-hydrogen) atoms. The first-order chi connectivity index (χ1) is 13.9. The van der Waals surface area contributed by atoms with Gasteiger partial charge in [0.1, 0.15) is 0 Å². The van der Waals surface area contributed by atoms with E-state index in [1.54, 1.807) is 0 Å². The molecule has 0 saturated carbocycles. The van der Waals surface area contributed by atoms with Gasteiger partial charge in [0, 0.05) is 18.7 Å². The second-order valence-electron chi connectivity index (χ2n) is 7.36. The lowest BCUT2D eigenvalue weighted by Gasteiger charge is -2.41. The van der Waals surface area contributed by atoms with Crippen molar-refractivity contribution in [2.75, 3.05) is 11.4 Å². The van der Waals surface area contributed by atoms with Gasteiger partial charge in [-0.25, -0.2) is 0 Å². The fourth-order valence-corrected chi connectivity index (χ4v) is 3.83. The maximum absolute atomic E-state index is 12.9. The van der Waals surface area contributed by atoms with Crippen LogP contribution in [0, 0.1) is 5.92 Å². The van der Waals surface area contributed by atoms with E-state index in [9.17, 15) is 31.1 Å². The van der Waals surface area contributed by atoms with Gasteiger partial charge in [0.05, 0.1) is 17.2 Å². The third kappa shape index (κ3) is 5.06. The first-order valence-corrected chi connectivity index (χ1v) is 9.28. The number of halogens is 6. The molecule has 3 rings (SSSR count). The number of nitrogens with zero attached hydrogens (tertiary/aromatic N) is 1. The lowest BCUT2D eigenvalue weighted by atomic mass is 9.84. The standard InChI is InChI=1S/C21H19F6NO2/c22-20(23,24)15-3-1-14(2-4-15)18-11-13(12-19(29)30)9-10-28(18)17-7-5-16(6-8-17)21(25,26)27/h1-8,13,18H,9-12H2,(H,29,30). The highest BCUT2D eigenvalue weighted by Crippen LogP contribution is 2.40. The zero-order chi connectivity index (χ0) is 22.1. The molecule has 2 aromatic rings. The predicted molar refractivity (Wildman–Crippen MR) is 98.0 cm³/mol. The van der Waals surface area contributed by atoms with Crippen molar-refractivity contribution in [2.45, 2.75) is 37.7 Å². The number of carboxylic acid groups (broad SMARTS) is 1. The molecule has 0 bridgehead atoms. The van der Waals surface area contributed by atoms with Crippen molar-refractivity contribution in [2.24, 2.45) is 5.92 Å². The first kappa shape index (κ1) is 22.0. The number of alkyl halides is 6. The Balaban J connectivity index is 1.91. The highest BCUT2D eigenvalue weighted by molar-refractivity contribution is 5.67. The van der Waals surface area contributed by atoms with Gasteiger partial charge >= 0.3 is 18.3 Å². The molecule has 162 valence electrons. The molecule has 1 aliphatic heterocycles. The molecule has 1 N–H and O–H groups in total. The first-order valence-electron chi connectivity index (χ1n) is 9.28. The van der Waals surface area contributed by atoms with Crippen molar-refractivity contribution in [1.29, 1.82) is 0 Å². The van der Waals surface area contributed by atoms with Crippen LogP contribution in [-0.2, 0) is 17.1 Å². The van der Waals surface area contributed by atoms with Crippen LogP contribution < -0.4 is 4.90 Å². The smallest absolute Gasteiger partial charge is 0.416 e. The molecule has 2 atom stereocenters. The normalized spacial score (nSPS) is 20.3. The Morgan fingerprint density at radius 2 is 1.40 bits per heavy atom. The van der Waals surface area contributed by atoms with Gasteiger partial charge in [0.2, 0.25) is 0 Å². The molecule has 1 heterocycles. The van der Waals surface area contributed by atoms with E-state index in [1.165, 1.54) is 24.3 Å². The summed E-state index contributed by atoms with van der Waals surface area (Å²) < 4.78 is 77.2. The quantitative estimate of drug-likeness (QED) is 0.590. The number of aliphatic carboxylic acids is 1. The van der Waals surface area contributed by atoms with E-state index in [-0.39, 0.29) is 12.3 Å². The topological polar surface area (TPSA) is 40.5 Å². The molecular weight excluding hydrogens is 412 g/mol. The van der Waals surface area contributed by atoms with Gasteiger partial charge in [-0.05, 0) is 60.7 Å². The van der Waals surface area contributed by atoms with Gasteiger partial charge in [0.25, 0.3) is 0 Å². The zero-order valence-corrected chi connectivity index (χ0v) is 15.7. The predicted octanol–water partition coefficient (Wildman–Crippen LogP) is 6.16. The number of carboxylic acids is 1. The Bertz CT molecular complexity index is 874. The van der Waals surface area contributed by atoms with Crippen LogP contribution in [-0.4, -0.2) is 17.6 Å². The minimum absolute atomic E-state index is 0.0714. The van der Waals surface area contributed by atoms with Crippen LogP contribution in [0.2, 0.25) is 0 Å². The van der Waals surface area contributed by atoms with E-state index >= 15 is 0 Å². The largest absolute Gasteiger partial charge is 0.481 e. The van der Waals surface area contributed by atoms with Gasteiger partial charge in [-0.15, -0.1) is 0 Å². The van der Waals surface area contributed by atoms with E-state index in [0.717, 1.165) is 24.3 Å². The molecule has 9 heteroatoms. The van der Waals surface area contributed by atoms with Crippen LogP contribution in [0.5, 0.6) is 0 Å². The number of rotatable bonds is 4. The lowest BCUT2D eigenvalue weighted by Crippen LogP contribution is -2.37. The minimum Gasteiger partial charge on any atom is -0.481 e. The van der Waals surface area contributed by atoms with Gasteiger partial charge in [0.15, 0.2) is 0 Å². The molecule has 2 aromatic carbocycles. The van der Waals surface area contributed by atoms with Crippen molar-refractivity contribution in [3.05, 3.63) is 65.2 Å². The highest BCUT2D eigenvalue weighted by Gasteiger charge is 2.34. The van der Waals surface area contributed by atoms with E-state index in [2.05, 4.69) is 0 Å². The molecule has 1 fully saturated rings. The van der Waals surface area contributed by atoms with E-state index in [0.29, 0.717) is 30.6 Å². The fraction of sp³-hybridized carbons (Fsp3) is 0.381. The van der Waals surface area contributed by atoms with Crippen LogP contribution in [0.25, 0.3) is 0 Å². The van der Waals surface area contributed by atoms with E-state index < -0.39 is 35.5 Å². The SMILES string of the molecule is O=C(O)CC1CCN(c2ccc(C(F)(F)F)cc2)C(c2ccc(C(F)(F)F)cc2)C1. The third-order valence-corrected chi connectivity index (χ3v) is 5.32. The summed E-state index contributed by atoms with van der Waals surface area (Å²) in [5.74, 6) is -1.14. The highest BCUT2D eigenvalue weighted by atomic mass is 19.4. The zero-order valence-electron chi connectivity index (χ0n) is 15.7. The number of anilines is 1. The van der Waals surface area contributed by atoms with Crippen molar-refractivity contribution < 1.29 is 36.2 Å². The van der Waals surface area contributed by atoms with Crippen molar-refractivity contribution in [1.82, 2.24) is 0 Å². The van der Waals surface area contributed by atoms with Gasteiger partial charge < -0.3 is 10.0 Å². The Labute approximate surface area is 168 Å². The van der Waals surface area contributed by atoms with Crippen molar-refractivity contribution in [3.63, 3.8) is 0 Å². The van der Waals surface area contributed by atoms with Crippen molar-refractivity contribution >= 4 is 11.7 Å². The summed E-state index contributed by atoms with van der Waals surface area (Å²) in [5.41, 5.74) is -0.539. The van der Waals surface area contributed by atoms with E-state index in [1.807, 2.05) is 4.90 Å². The molecule has 2 unspecified atom stereocenters. The van der Waals surface area contributed by atoms with Gasteiger partial charge in [-0.3, -0.25) is 4.79 Å². The Hall–Kier alpha value is -2.71. The molecule has 1 saturated heterocycles. The summed E-state index contributed by atoms with van der Waals surface area (Å²) in [5, 5.41) is 9.09. The second-order valence-corrected chi connectivity index (χ2v) is 7.36. The minimum atomic E-state index is -4.48. The molecule has 1 aliphatic rings. The summed E-state index contributed by atoms with van der Waals surface area (Å²) in [7, 11) is 0. The molecular formula is C21H19F6NO2. The number of hydrogen-bond donors (Lipinski definition) is 1. The molecule has 3 nitrogen and oxygen atoms in total. The average molecular weight is 431 g/mol. The number of benzene rings is 2. The maximum Gasteiger partial charge on any atom is 0.416 e. The summed E-state index contributed by atoms with van der Waals surface area (Å²) >= 11 is 0. The van der Waals surface area contributed by atoms with Crippen molar-refractivity contribution in [3.8, 4) is 0 Å². The Kier molecular flexibility index (Phi) is 6.01. The average Bonchev–Trinajstić information content (AvgIpc) is 2.66. The summed E-state index contributed by atoms with van der Waals surface area (Å²) in [6.07, 6.45) is -8.13.